The molecule has 2 aromatic carbocycles. The van der Waals surface area contributed by atoms with Crippen molar-refractivity contribution in [3.63, 3.8) is 0 Å². The van der Waals surface area contributed by atoms with Crippen molar-refractivity contribution in [3.05, 3.63) is 99.8 Å². The van der Waals surface area contributed by atoms with Crippen LogP contribution in [0.25, 0.3) is 33.4 Å². The molecule has 5 aromatic rings. The molecular weight excluding hydrogens is 538 g/mol. The molecule has 9 nitrogen and oxygen atoms in total. The third-order valence-corrected chi connectivity index (χ3v) is 8.34. The highest BCUT2D eigenvalue weighted by atomic mass is 35.5. The fraction of sp³-hybridized carbons (Fsp3) is 0.290. The minimum absolute atomic E-state index is 0.168. The minimum Gasteiger partial charge on any atom is -0.388 e. The van der Waals surface area contributed by atoms with Crippen LogP contribution in [0.15, 0.2) is 78.1 Å². The van der Waals surface area contributed by atoms with Crippen molar-refractivity contribution in [1.82, 2.24) is 29.2 Å². The molecular formula is C31H32ClN7O2. The van der Waals surface area contributed by atoms with Crippen LogP contribution in [0.1, 0.15) is 24.0 Å². The fourth-order valence-electron chi connectivity index (χ4n) is 5.57. The van der Waals surface area contributed by atoms with E-state index in [-0.39, 0.29) is 12.1 Å². The summed E-state index contributed by atoms with van der Waals surface area (Å²) in [5.74, 6) is 0. The first-order valence-electron chi connectivity index (χ1n) is 13.7. The molecule has 0 atom stereocenters. The quantitative estimate of drug-likeness (QED) is 0.304. The minimum atomic E-state index is -1.01. The van der Waals surface area contributed by atoms with Gasteiger partial charge in [-0.3, -0.25) is 23.9 Å². The molecule has 4 heterocycles. The van der Waals surface area contributed by atoms with Gasteiger partial charge in [-0.2, -0.15) is 5.10 Å². The number of hydrogen-bond acceptors (Lipinski definition) is 7. The maximum Gasteiger partial charge on any atom is 0.281 e. The topological polar surface area (TPSA) is 115 Å². The molecule has 1 saturated heterocycles. The lowest BCUT2D eigenvalue weighted by molar-refractivity contribution is -0.0364. The van der Waals surface area contributed by atoms with Gasteiger partial charge in [-0.25, -0.2) is 4.98 Å². The SMILES string of the molecule is Cn1nc2c(=O)n(CC3(O)CCN(Cc4ccc(-c5ccncc5)cc4Cl)CC3)cnc2c1-c1ccc(CN)cc1. The van der Waals surface area contributed by atoms with Crippen molar-refractivity contribution in [2.45, 2.75) is 38.1 Å². The first-order valence-corrected chi connectivity index (χ1v) is 14.1. The van der Waals surface area contributed by atoms with E-state index < -0.39 is 5.60 Å². The van der Waals surface area contributed by atoms with Crippen molar-refractivity contribution in [2.75, 3.05) is 13.1 Å². The largest absolute Gasteiger partial charge is 0.388 e. The van der Waals surface area contributed by atoms with Gasteiger partial charge in [0.2, 0.25) is 0 Å². The highest BCUT2D eigenvalue weighted by Crippen LogP contribution is 2.30. The first-order chi connectivity index (χ1) is 19.8. The van der Waals surface area contributed by atoms with Crippen LogP contribution in [0.2, 0.25) is 5.02 Å². The van der Waals surface area contributed by atoms with Crippen LogP contribution in [-0.2, 0) is 26.7 Å². The molecule has 0 bridgehead atoms. The van der Waals surface area contributed by atoms with Crippen LogP contribution in [0.3, 0.4) is 0 Å². The molecule has 6 rings (SSSR count). The summed E-state index contributed by atoms with van der Waals surface area (Å²) in [7, 11) is 1.81. The number of piperidine rings is 1. The van der Waals surface area contributed by atoms with E-state index in [1.165, 1.54) is 10.9 Å². The van der Waals surface area contributed by atoms with Crippen LogP contribution in [0.4, 0.5) is 0 Å². The molecule has 0 spiro atoms. The van der Waals surface area contributed by atoms with Crippen LogP contribution in [-0.4, -0.2) is 53.0 Å². The molecule has 3 N–H and O–H groups in total. The van der Waals surface area contributed by atoms with E-state index >= 15 is 0 Å². The van der Waals surface area contributed by atoms with Gasteiger partial charge in [-0.1, -0.05) is 48.0 Å². The molecule has 3 aromatic heterocycles. The number of halogens is 1. The van der Waals surface area contributed by atoms with Crippen molar-refractivity contribution >= 4 is 22.6 Å². The number of fused-ring (bicyclic) bond motifs is 1. The van der Waals surface area contributed by atoms with Gasteiger partial charge in [-0.05, 0) is 53.3 Å². The maximum atomic E-state index is 13.4. The lowest BCUT2D eigenvalue weighted by Crippen LogP contribution is -2.47. The van der Waals surface area contributed by atoms with E-state index in [4.69, 9.17) is 17.3 Å². The van der Waals surface area contributed by atoms with Gasteiger partial charge in [0, 0.05) is 56.2 Å². The Labute approximate surface area is 242 Å². The number of nitrogens with two attached hydrogens (primary N) is 1. The van der Waals surface area contributed by atoms with Crippen LogP contribution < -0.4 is 11.3 Å². The first kappa shape index (κ1) is 27.3. The van der Waals surface area contributed by atoms with Gasteiger partial charge in [-0.15, -0.1) is 0 Å². The molecule has 41 heavy (non-hydrogen) atoms. The van der Waals surface area contributed by atoms with Gasteiger partial charge in [0.1, 0.15) is 5.52 Å². The molecule has 210 valence electrons. The van der Waals surface area contributed by atoms with E-state index in [1.54, 1.807) is 24.1 Å². The lowest BCUT2D eigenvalue weighted by atomic mass is 9.91. The third-order valence-electron chi connectivity index (χ3n) is 7.99. The predicted molar refractivity (Wildman–Crippen MR) is 160 cm³/mol. The molecule has 0 aliphatic carbocycles. The molecule has 0 unspecified atom stereocenters. The Kier molecular flexibility index (Phi) is 7.44. The molecule has 0 amide bonds. The second-order valence-corrected chi connectivity index (χ2v) is 11.2. The second kappa shape index (κ2) is 11.2. The number of aromatic nitrogens is 5. The Morgan fingerprint density at radius 1 is 0.976 bits per heavy atom. The van der Waals surface area contributed by atoms with E-state index in [0.717, 1.165) is 38.5 Å². The Morgan fingerprint density at radius 2 is 1.68 bits per heavy atom. The van der Waals surface area contributed by atoms with E-state index in [2.05, 4.69) is 32.1 Å². The Morgan fingerprint density at radius 3 is 2.37 bits per heavy atom. The predicted octanol–water partition coefficient (Wildman–Crippen LogP) is 4.00. The van der Waals surface area contributed by atoms with Gasteiger partial charge >= 0.3 is 0 Å². The third kappa shape index (κ3) is 5.54. The van der Waals surface area contributed by atoms with E-state index in [0.29, 0.717) is 50.1 Å². The second-order valence-electron chi connectivity index (χ2n) is 10.8. The van der Waals surface area contributed by atoms with Gasteiger partial charge in [0.05, 0.1) is 24.2 Å². The number of aliphatic hydroxyl groups is 1. The number of pyridine rings is 1. The zero-order valence-corrected chi connectivity index (χ0v) is 23.6. The van der Waals surface area contributed by atoms with Gasteiger partial charge < -0.3 is 10.8 Å². The van der Waals surface area contributed by atoms with Crippen LogP contribution in [0.5, 0.6) is 0 Å². The molecule has 0 saturated carbocycles. The van der Waals surface area contributed by atoms with Gasteiger partial charge in [0.25, 0.3) is 5.56 Å². The summed E-state index contributed by atoms with van der Waals surface area (Å²) in [5, 5.41) is 16.6. The van der Waals surface area contributed by atoms with Crippen LogP contribution >= 0.6 is 11.6 Å². The van der Waals surface area contributed by atoms with E-state index in [1.807, 2.05) is 42.5 Å². The monoisotopic (exact) mass is 569 g/mol. The van der Waals surface area contributed by atoms with Crippen LogP contribution in [0, 0.1) is 0 Å². The lowest BCUT2D eigenvalue weighted by Gasteiger charge is -2.38. The average molecular weight is 570 g/mol. The number of benzene rings is 2. The Balaban J connectivity index is 1.14. The zero-order valence-electron chi connectivity index (χ0n) is 22.9. The van der Waals surface area contributed by atoms with Crippen molar-refractivity contribution in [3.8, 4) is 22.4 Å². The number of nitrogens with zero attached hydrogens (tertiary/aromatic N) is 6. The Bertz CT molecular complexity index is 1740. The normalized spacial score (nSPS) is 15.4. The summed E-state index contributed by atoms with van der Waals surface area (Å²) in [6.45, 7) is 2.71. The summed E-state index contributed by atoms with van der Waals surface area (Å²) in [5.41, 5.74) is 11.2. The molecule has 1 aliphatic rings. The fourth-order valence-corrected chi connectivity index (χ4v) is 5.81. The maximum absolute atomic E-state index is 13.4. The smallest absolute Gasteiger partial charge is 0.281 e. The van der Waals surface area contributed by atoms with Gasteiger partial charge in [0.15, 0.2) is 5.52 Å². The van der Waals surface area contributed by atoms with Crippen molar-refractivity contribution in [2.24, 2.45) is 12.8 Å². The number of hydrogen-bond donors (Lipinski definition) is 2. The average Bonchev–Trinajstić information content (AvgIpc) is 3.34. The number of likely N-dealkylation sites (tertiary alicyclic amines) is 1. The van der Waals surface area contributed by atoms with Crippen molar-refractivity contribution < 1.29 is 5.11 Å². The van der Waals surface area contributed by atoms with Crippen molar-refractivity contribution in [1.29, 1.82) is 0 Å². The zero-order chi connectivity index (χ0) is 28.6. The number of rotatable bonds is 7. The molecule has 10 heteroatoms. The Hall–Kier alpha value is -3.89. The number of aryl methyl sites for hydroxylation is 1. The summed E-state index contributed by atoms with van der Waals surface area (Å²) < 4.78 is 3.17. The summed E-state index contributed by atoms with van der Waals surface area (Å²) in [6.07, 6.45) is 6.13. The summed E-state index contributed by atoms with van der Waals surface area (Å²) >= 11 is 6.64. The highest BCUT2D eigenvalue weighted by Gasteiger charge is 2.33. The van der Waals surface area contributed by atoms with E-state index in [9.17, 15) is 9.90 Å². The highest BCUT2D eigenvalue weighted by molar-refractivity contribution is 6.31. The molecule has 0 radical (unpaired) electrons. The standard InChI is InChI=1S/C31H32ClN7O2/c1-37-29(23-4-2-21(17-33)3-5-23)27-28(36-37)30(40)39(20-35-27)19-31(41)10-14-38(15-11-31)18-25-7-6-24(16-26(25)32)22-8-12-34-13-9-22/h2-9,12-13,16,20,41H,10-11,14-15,17-19,33H2,1H3. The molecule has 1 aliphatic heterocycles. The summed E-state index contributed by atoms with van der Waals surface area (Å²) in [6, 6.07) is 17.9. The molecule has 1 fully saturated rings. The summed E-state index contributed by atoms with van der Waals surface area (Å²) in [4.78, 5) is 24.4.